The maximum Gasteiger partial charge on any atom is 0.308 e. The van der Waals surface area contributed by atoms with E-state index < -0.39 is 6.10 Å². The molecule has 0 aliphatic heterocycles. The molecule has 1 amide bonds. The van der Waals surface area contributed by atoms with Crippen LogP contribution < -0.4 is 14.9 Å². The van der Waals surface area contributed by atoms with Crippen molar-refractivity contribution in [2.45, 2.75) is 46.8 Å². The summed E-state index contributed by atoms with van der Waals surface area (Å²) in [5.41, 5.74) is 3.84. The highest BCUT2D eigenvalue weighted by atomic mass is 32.1. The summed E-state index contributed by atoms with van der Waals surface area (Å²) >= 11 is 1.19. The van der Waals surface area contributed by atoms with Gasteiger partial charge in [0.2, 0.25) is 0 Å². The van der Waals surface area contributed by atoms with Gasteiger partial charge < -0.3 is 10.1 Å². The van der Waals surface area contributed by atoms with Crippen molar-refractivity contribution in [3.8, 4) is 5.75 Å². The van der Waals surface area contributed by atoms with E-state index >= 15 is 0 Å². The third kappa shape index (κ3) is 4.06. The molecule has 0 spiro atoms. The number of carbonyl (C=O) groups excluding carboxylic acids is 1. The van der Waals surface area contributed by atoms with Crippen LogP contribution in [0.5, 0.6) is 5.75 Å². The standard InChI is InChI=1S/C21H24N2O3S/c1-12(2)23-18-9-7-16(11-19(18)27-21(23)25)22-20(24)15(5)26-17-8-6-13(3)14(4)10-17/h6-12,15H,1-5H3,(H,22,24)/t15-/m0/s1. The topological polar surface area (TPSA) is 60.3 Å². The fourth-order valence-corrected chi connectivity index (χ4v) is 3.94. The summed E-state index contributed by atoms with van der Waals surface area (Å²) in [5, 5.41) is 2.87. The molecule has 0 unspecified atom stereocenters. The Kier molecular flexibility index (Phi) is 5.37. The molecule has 0 fully saturated rings. The van der Waals surface area contributed by atoms with Crippen LogP contribution >= 0.6 is 11.3 Å². The predicted octanol–water partition coefficient (Wildman–Crippen LogP) is 4.67. The highest BCUT2D eigenvalue weighted by Gasteiger charge is 2.16. The number of hydrogen-bond donors (Lipinski definition) is 1. The van der Waals surface area contributed by atoms with Gasteiger partial charge >= 0.3 is 4.87 Å². The van der Waals surface area contributed by atoms with E-state index in [0.29, 0.717) is 11.4 Å². The second-order valence-corrected chi connectivity index (χ2v) is 8.00. The number of hydrogen-bond acceptors (Lipinski definition) is 4. The van der Waals surface area contributed by atoms with Gasteiger partial charge in [0.05, 0.1) is 10.2 Å². The van der Waals surface area contributed by atoms with E-state index in [1.807, 2.05) is 64.1 Å². The Morgan fingerprint density at radius 3 is 2.48 bits per heavy atom. The van der Waals surface area contributed by atoms with Crippen molar-refractivity contribution in [1.29, 1.82) is 0 Å². The van der Waals surface area contributed by atoms with E-state index in [2.05, 4.69) is 5.32 Å². The number of aryl methyl sites for hydroxylation is 2. The zero-order chi connectivity index (χ0) is 19.7. The molecule has 0 saturated carbocycles. The summed E-state index contributed by atoms with van der Waals surface area (Å²) in [6.07, 6.45) is -0.637. The smallest absolute Gasteiger partial charge is 0.308 e. The first kappa shape index (κ1) is 19.2. The molecule has 0 bridgehead atoms. The highest BCUT2D eigenvalue weighted by molar-refractivity contribution is 7.16. The van der Waals surface area contributed by atoms with E-state index in [1.165, 1.54) is 16.9 Å². The number of carbonyl (C=O) groups is 1. The van der Waals surface area contributed by atoms with E-state index in [4.69, 9.17) is 4.74 Å². The fourth-order valence-electron chi connectivity index (χ4n) is 2.89. The lowest BCUT2D eigenvalue weighted by Gasteiger charge is -2.16. The molecule has 1 atom stereocenters. The third-order valence-corrected chi connectivity index (χ3v) is 5.48. The van der Waals surface area contributed by atoms with Crippen LogP contribution in [0.15, 0.2) is 41.2 Å². The number of aromatic nitrogens is 1. The molecule has 0 radical (unpaired) electrons. The second-order valence-electron chi connectivity index (χ2n) is 7.01. The SMILES string of the molecule is Cc1ccc(O[C@@H](C)C(=O)Nc2ccc3c(c2)sc(=O)n3C(C)C)cc1C. The number of ether oxygens (including phenoxy) is 1. The fraction of sp³-hybridized carbons (Fsp3) is 0.333. The first-order valence-corrected chi connectivity index (χ1v) is 9.78. The van der Waals surface area contributed by atoms with E-state index in [0.717, 1.165) is 15.8 Å². The normalized spacial score (nSPS) is 12.4. The molecule has 3 rings (SSSR count). The summed E-state index contributed by atoms with van der Waals surface area (Å²) in [6.45, 7) is 9.73. The molecule has 142 valence electrons. The number of anilines is 1. The van der Waals surface area contributed by atoms with Crippen LogP contribution in [0.4, 0.5) is 5.69 Å². The molecule has 0 saturated heterocycles. The average molecular weight is 385 g/mol. The molecular weight excluding hydrogens is 360 g/mol. The molecule has 1 N–H and O–H groups in total. The minimum atomic E-state index is -0.637. The van der Waals surface area contributed by atoms with Gasteiger partial charge in [-0.2, -0.15) is 0 Å². The van der Waals surface area contributed by atoms with Gasteiger partial charge in [0.1, 0.15) is 5.75 Å². The molecular formula is C21H24N2O3S. The Morgan fingerprint density at radius 2 is 1.81 bits per heavy atom. The summed E-state index contributed by atoms with van der Waals surface area (Å²) in [4.78, 5) is 24.6. The molecule has 6 heteroatoms. The van der Waals surface area contributed by atoms with Crippen LogP contribution in [-0.2, 0) is 4.79 Å². The summed E-state index contributed by atoms with van der Waals surface area (Å²) in [5.74, 6) is 0.437. The molecule has 27 heavy (non-hydrogen) atoms. The Labute approximate surface area is 162 Å². The average Bonchev–Trinajstić information content (AvgIpc) is 2.93. The number of benzene rings is 2. The van der Waals surface area contributed by atoms with Crippen LogP contribution in [-0.4, -0.2) is 16.6 Å². The first-order valence-electron chi connectivity index (χ1n) is 8.96. The van der Waals surface area contributed by atoms with Gasteiger partial charge in [-0.3, -0.25) is 14.2 Å². The minimum Gasteiger partial charge on any atom is -0.481 e. The van der Waals surface area contributed by atoms with E-state index in [9.17, 15) is 9.59 Å². The van der Waals surface area contributed by atoms with Crippen LogP contribution in [0, 0.1) is 13.8 Å². The summed E-state index contributed by atoms with van der Waals surface area (Å²) in [7, 11) is 0. The van der Waals surface area contributed by atoms with E-state index in [-0.39, 0.29) is 16.8 Å². The van der Waals surface area contributed by atoms with Gasteiger partial charge in [0.25, 0.3) is 5.91 Å². The molecule has 1 aromatic heterocycles. The quantitative estimate of drug-likeness (QED) is 0.695. The van der Waals surface area contributed by atoms with Crippen molar-refractivity contribution < 1.29 is 9.53 Å². The highest BCUT2D eigenvalue weighted by Crippen LogP contribution is 2.24. The van der Waals surface area contributed by atoms with Gasteiger partial charge in [-0.1, -0.05) is 17.4 Å². The largest absolute Gasteiger partial charge is 0.481 e. The Balaban J connectivity index is 1.75. The maximum absolute atomic E-state index is 12.5. The summed E-state index contributed by atoms with van der Waals surface area (Å²) < 4.78 is 8.38. The van der Waals surface area contributed by atoms with Crippen LogP contribution in [0.1, 0.15) is 37.9 Å². The van der Waals surface area contributed by atoms with Crippen molar-refractivity contribution in [3.05, 3.63) is 57.2 Å². The lowest BCUT2D eigenvalue weighted by Crippen LogP contribution is -2.30. The third-order valence-electron chi connectivity index (χ3n) is 4.56. The van der Waals surface area contributed by atoms with Crippen molar-refractivity contribution in [3.63, 3.8) is 0 Å². The molecule has 0 aliphatic rings. The predicted molar refractivity (Wildman–Crippen MR) is 111 cm³/mol. The number of nitrogens with zero attached hydrogens (tertiary/aromatic N) is 1. The molecule has 1 heterocycles. The first-order chi connectivity index (χ1) is 12.8. The Morgan fingerprint density at radius 1 is 1.07 bits per heavy atom. The summed E-state index contributed by atoms with van der Waals surface area (Å²) in [6, 6.07) is 11.4. The lowest BCUT2D eigenvalue weighted by molar-refractivity contribution is -0.122. The number of thiazole rings is 1. The maximum atomic E-state index is 12.5. The van der Waals surface area contributed by atoms with Crippen molar-refractivity contribution in [2.24, 2.45) is 0 Å². The van der Waals surface area contributed by atoms with Crippen LogP contribution in [0.3, 0.4) is 0 Å². The molecule has 0 aliphatic carbocycles. The number of fused-ring (bicyclic) bond motifs is 1. The van der Waals surface area contributed by atoms with E-state index in [1.54, 1.807) is 11.5 Å². The zero-order valence-electron chi connectivity index (χ0n) is 16.2. The molecule has 5 nitrogen and oxygen atoms in total. The Hall–Kier alpha value is -2.60. The number of rotatable bonds is 5. The zero-order valence-corrected chi connectivity index (χ0v) is 17.0. The van der Waals surface area contributed by atoms with Crippen LogP contribution in [0.2, 0.25) is 0 Å². The van der Waals surface area contributed by atoms with Gasteiger partial charge in [-0.15, -0.1) is 0 Å². The minimum absolute atomic E-state index is 0.00918. The Bertz CT molecular complexity index is 1050. The van der Waals surface area contributed by atoms with Gasteiger partial charge in [-0.05, 0) is 76.1 Å². The van der Waals surface area contributed by atoms with Gasteiger partial charge in [0.15, 0.2) is 6.10 Å². The van der Waals surface area contributed by atoms with Gasteiger partial charge in [0, 0.05) is 11.7 Å². The molecule has 3 aromatic rings. The van der Waals surface area contributed by atoms with Crippen LogP contribution in [0.25, 0.3) is 10.2 Å². The van der Waals surface area contributed by atoms with Crippen molar-refractivity contribution >= 4 is 33.1 Å². The second kappa shape index (κ2) is 7.56. The monoisotopic (exact) mass is 384 g/mol. The lowest BCUT2D eigenvalue weighted by atomic mass is 10.1. The van der Waals surface area contributed by atoms with Gasteiger partial charge in [-0.25, -0.2) is 0 Å². The molecule has 2 aromatic carbocycles. The number of amides is 1. The number of nitrogens with one attached hydrogen (secondary N) is 1. The van der Waals surface area contributed by atoms with Crippen molar-refractivity contribution in [2.75, 3.05) is 5.32 Å². The van der Waals surface area contributed by atoms with Crippen molar-refractivity contribution in [1.82, 2.24) is 4.57 Å².